The number of aryl methyl sites for hydroxylation is 1. The van der Waals surface area contributed by atoms with Crippen molar-refractivity contribution in [1.29, 1.82) is 0 Å². The van der Waals surface area contributed by atoms with Crippen LogP contribution in [-0.4, -0.2) is 26.0 Å². The molecule has 0 bridgehead atoms. The van der Waals surface area contributed by atoms with E-state index in [1.807, 2.05) is 55.4 Å². The molecule has 0 heterocycles. The van der Waals surface area contributed by atoms with E-state index in [-0.39, 0.29) is 11.9 Å². The summed E-state index contributed by atoms with van der Waals surface area (Å²) in [5.74, 6) is -0.0685. The van der Waals surface area contributed by atoms with Gasteiger partial charge in [-0.1, -0.05) is 24.8 Å². The van der Waals surface area contributed by atoms with Gasteiger partial charge in [-0.2, -0.15) is 0 Å². The Labute approximate surface area is 153 Å². The van der Waals surface area contributed by atoms with Crippen molar-refractivity contribution in [1.82, 2.24) is 5.32 Å². The summed E-state index contributed by atoms with van der Waals surface area (Å²) in [5.41, 5.74) is 3.70. The Morgan fingerprint density at radius 1 is 1.23 bits per heavy atom. The van der Waals surface area contributed by atoms with Crippen molar-refractivity contribution in [3.8, 4) is 5.75 Å². The predicted molar refractivity (Wildman–Crippen MR) is 102 cm³/mol. The molecule has 1 aliphatic carbocycles. The van der Waals surface area contributed by atoms with Crippen LogP contribution < -0.4 is 15.0 Å². The molecule has 0 fully saturated rings. The van der Waals surface area contributed by atoms with Gasteiger partial charge in [-0.3, -0.25) is 4.79 Å². The van der Waals surface area contributed by atoms with Gasteiger partial charge in [0.15, 0.2) is 0 Å². The average molecular weight is 350 g/mol. The van der Waals surface area contributed by atoms with E-state index in [2.05, 4.69) is 11.9 Å². The maximum absolute atomic E-state index is 12.8. The third kappa shape index (κ3) is 3.61. The highest BCUT2D eigenvalue weighted by molar-refractivity contribution is 6.00. The number of benzene rings is 2. The molecule has 1 atom stereocenters. The SMILES string of the molecule is C=CC(=O)Oc1ccc2c(c1)CCC2NC(=O)c1ccccc1N(C)C. The van der Waals surface area contributed by atoms with Crippen molar-refractivity contribution in [2.75, 3.05) is 19.0 Å². The number of anilines is 1. The van der Waals surface area contributed by atoms with Crippen LogP contribution in [0.15, 0.2) is 55.1 Å². The zero-order valence-electron chi connectivity index (χ0n) is 15.0. The zero-order valence-corrected chi connectivity index (χ0v) is 15.0. The first-order valence-corrected chi connectivity index (χ1v) is 8.54. The van der Waals surface area contributed by atoms with Crippen LogP contribution in [-0.2, 0) is 11.2 Å². The summed E-state index contributed by atoms with van der Waals surface area (Å²) in [4.78, 5) is 26.0. The number of esters is 1. The second-order valence-corrected chi connectivity index (χ2v) is 6.46. The molecule has 1 unspecified atom stereocenters. The van der Waals surface area contributed by atoms with E-state index in [1.165, 1.54) is 0 Å². The highest BCUT2D eigenvalue weighted by Crippen LogP contribution is 2.34. The van der Waals surface area contributed by atoms with Crippen molar-refractivity contribution in [2.45, 2.75) is 18.9 Å². The number of hydrogen-bond donors (Lipinski definition) is 1. The second-order valence-electron chi connectivity index (χ2n) is 6.46. The molecule has 3 rings (SSSR count). The standard InChI is InChI=1S/C21H22N2O3/c1-4-20(24)26-15-10-11-16-14(13-15)9-12-18(16)22-21(25)17-7-5-6-8-19(17)23(2)3/h4-8,10-11,13,18H,1,9,12H2,2-3H3,(H,22,25). The lowest BCUT2D eigenvalue weighted by Crippen LogP contribution is -2.28. The van der Waals surface area contributed by atoms with Crippen LogP contribution in [0.5, 0.6) is 5.75 Å². The Kier molecular flexibility index (Phi) is 5.07. The Hall–Kier alpha value is -3.08. The largest absolute Gasteiger partial charge is 0.423 e. The number of hydrogen-bond acceptors (Lipinski definition) is 4. The van der Waals surface area contributed by atoms with Crippen LogP contribution in [0.3, 0.4) is 0 Å². The van der Waals surface area contributed by atoms with Crippen LogP contribution in [0.25, 0.3) is 0 Å². The molecule has 0 aromatic heterocycles. The first kappa shape index (κ1) is 17.7. The molecule has 0 aliphatic heterocycles. The molecule has 0 saturated heterocycles. The number of nitrogens with zero attached hydrogens (tertiary/aromatic N) is 1. The van der Waals surface area contributed by atoms with Crippen LogP contribution in [0.1, 0.15) is 33.9 Å². The van der Waals surface area contributed by atoms with Gasteiger partial charge in [0.1, 0.15) is 5.75 Å². The van der Waals surface area contributed by atoms with Gasteiger partial charge >= 0.3 is 5.97 Å². The smallest absolute Gasteiger partial charge is 0.335 e. The van der Waals surface area contributed by atoms with Crippen molar-refractivity contribution in [3.63, 3.8) is 0 Å². The van der Waals surface area contributed by atoms with Gasteiger partial charge in [-0.15, -0.1) is 0 Å². The van der Waals surface area contributed by atoms with Crippen molar-refractivity contribution >= 4 is 17.6 Å². The quantitative estimate of drug-likeness (QED) is 0.511. The first-order chi connectivity index (χ1) is 12.5. The van der Waals surface area contributed by atoms with Crippen molar-refractivity contribution < 1.29 is 14.3 Å². The minimum absolute atomic E-state index is 0.0446. The van der Waals surface area contributed by atoms with Gasteiger partial charge in [0.25, 0.3) is 5.91 Å². The molecule has 1 amide bonds. The Morgan fingerprint density at radius 2 is 2.00 bits per heavy atom. The molecule has 0 saturated carbocycles. The summed E-state index contributed by atoms with van der Waals surface area (Å²) in [6.07, 6.45) is 2.79. The molecule has 2 aromatic rings. The van der Waals surface area contributed by atoms with E-state index >= 15 is 0 Å². The van der Waals surface area contributed by atoms with Crippen LogP contribution in [0.4, 0.5) is 5.69 Å². The molecular weight excluding hydrogens is 328 g/mol. The Balaban J connectivity index is 1.77. The number of carbonyl (C=O) groups is 2. The summed E-state index contributed by atoms with van der Waals surface area (Å²) >= 11 is 0. The lowest BCUT2D eigenvalue weighted by molar-refractivity contribution is -0.128. The van der Waals surface area contributed by atoms with Crippen LogP contribution in [0.2, 0.25) is 0 Å². The number of nitrogens with one attached hydrogen (secondary N) is 1. The summed E-state index contributed by atoms with van der Waals surface area (Å²) in [7, 11) is 3.84. The molecule has 1 N–H and O–H groups in total. The maximum Gasteiger partial charge on any atom is 0.335 e. The lowest BCUT2D eigenvalue weighted by atomic mass is 10.1. The molecular formula is C21H22N2O3. The van der Waals surface area contributed by atoms with Gasteiger partial charge in [-0.05, 0) is 48.2 Å². The Bertz CT molecular complexity index is 858. The number of carbonyl (C=O) groups excluding carboxylic acids is 2. The molecule has 26 heavy (non-hydrogen) atoms. The predicted octanol–water partition coefficient (Wildman–Crippen LogP) is 3.26. The number of fused-ring (bicyclic) bond motifs is 1. The van der Waals surface area contributed by atoms with Crippen molar-refractivity contribution in [2.24, 2.45) is 0 Å². The van der Waals surface area contributed by atoms with E-state index in [0.29, 0.717) is 11.3 Å². The van der Waals surface area contributed by atoms with Crippen molar-refractivity contribution in [3.05, 3.63) is 71.8 Å². The number of para-hydroxylation sites is 1. The fourth-order valence-corrected chi connectivity index (χ4v) is 3.26. The van der Waals surface area contributed by atoms with Gasteiger partial charge in [0.2, 0.25) is 0 Å². The molecule has 134 valence electrons. The van der Waals surface area contributed by atoms with E-state index in [1.54, 1.807) is 6.07 Å². The molecule has 5 heteroatoms. The molecule has 0 radical (unpaired) electrons. The topological polar surface area (TPSA) is 58.6 Å². The van der Waals surface area contributed by atoms with E-state index in [4.69, 9.17) is 4.74 Å². The van der Waals surface area contributed by atoms with Crippen LogP contribution >= 0.6 is 0 Å². The van der Waals surface area contributed by atoms with E-state index in [0.717, 1.165) is 35.7 Å². The van der Waals surface area contributed by atoms with Gasteiger partial charge in [0, 0.05) is 25.9 Å². The Morgan fingerprint density at radius 3 is 2.73 bits per heavy atom. The molecule has 0 spiro atoms. The van der Waals surface area contributed by atoms with Gasteiger partial charge in [-0.25, -0.2) is 4.79 Å². The number of rotatable bonds is 5. The molecule has 1 aliphatic rings. The monoisotopic (exact) mass is 350 g/mol. The van der Waals surface area contributed by atoms with Gasteiger partial charge in [0.05, 0.1) is 11.6 Å². The highest BCUT2D eigenvalue weighted by Gasteiger charge is 2.25. The number of ether oxygens (including phenoxy) is 1. The summed E-state index contributed by atoms with van der Waals surface area (Å²) in [5, 5.41) is 3.13. The summed E-state index contributed by atoms with van der Waals surface area (Å²) in [6, 6.07) is 13.0. The molecule has 2 aromatic carbocycles. The zero-order chi connectivity index (χ0) is 18.7. The minimum atomic E-state index is -0.479. The van der Waals surface area contributed by atoms with E-state index in [9.17, 15) is 9.59 Å². The maximum atomic E-state index is 12.8. The fourth-order valence-electron chi connectivity index (χ4n) is 3.26. The summed E-state index contributed by atoms with van der Waals surface area (Å²) < 4.78 is 5.17. The first-order valence-electron chi connectivity index (χ1n) is 8.54. The minimum Gasteiger partial charge on any atom is -0.423 e. The van der Waals surface area contributed by atoms with E-state index < -0.39 is 5.97 Å². The fraction of sp³-hybridized carbons (Fsp3) is 0.238. The van der Waals surface area contributed by atoms with Crippen LogP contribution in [0, 0.1) is 0 Å². The average Bonchev–Trinajstić information content (AvgIpc) is 3.03. The second kappa shape index (κ2) is 7.44. The lowest BCUT2D eigenvalue weighted by Gasteiger charge is -2.19. The number of amides is 1. The third-order valence-electron chi connectivity index (χ3n) is 4.51. The highest BCUT2D eigenvalue weighted by atomic mass is 16.5. The summed E-state index contributed by atoms with van der Waals surface area (Å²) in [6.45, 7) is 3.40. The third-order valence-corrected chi connectivity index (χ3v) is 4.51. The van der Waals surface area contributed by atoms with Gasteiger partial charge < -0.3 is 15.0 Å². The normalized spacial score (nSPS) is 15.1. The molecule has 5 nitrogen and oxygen atoms in total.